The largest absolute Gasteiger partial charge is 0.497 e. The second-order valence-corrected chi connectivity index (χ2v) is 14.0. The highest BCUT2D eigenvalue weighted by Gasteiger charge is 2.47. The molecule has 1 aliphatic carbocycles. The zero-order valence-electron chi connectivity index (χ0n) is 29.0. The van der Waals surface area contributed by atoms with E-state index in [0.29, 0.717) is 0 Å². The normalized spacial score (nSPS) is 16.9. The van der Waals surface area contributed by atoms with E-state index in [4.69, 9.17) is 18.9 Å². The molecule has 0 amide bonds. The molecule has 2 heterocycles. The molecule has 0 spiro atoms. The first-order valence-electron chi connectivity index (χ1n) is 17.3. The molecule has 8 rings (SSSR count). The van der Waals surface area contributed by atoms with Gasteiger partial charge in [-0.3, -0.25) is 0 Å². The van der Waals surface area contributed by atoms with E-state index in [0.717, 1.165) is 72.9 Å². The van der Waals surface area contributed by atoms with E-state index >= 15 is 0 Å². The van der Waals surface area contributed by atoms with Crippen molar-refractivity contribution in [3.8, 4) is 28.4 Å². The maximum Gasteiger partial charge on any atom is 0.178 e. The van der Waals surface area contributed by atoms with Gasteiger partial charge in [0.15, 0.2) is 5.60 Å². The van der Waals surface area contributed by atoms with Crippen LogP contribution >= 0.6 is 11.8 Å². The molecule has 1 saturated heterocycles. The molecular formula is C43H43NO4S. The van der Waals surface area contributed by atoms with Gasteiger partial charge in [-0.25, -0.2) is 0 Å². The van der Waals surface area contributed by atoms with Crippen molar-refractivity contribution in [1.29, 1.82) is 0 Å². The second-order valence-electron chi connectivity index (χ2n) is 13.1. The zero-order valence-corrected chi connectivity index (χ0v) is 29.8. The van der Waals surface area contributed by atoms with E-state index in [1.54, 1.807) is 26.0 Å². The molecule has 5 aromatic carbocycles. The lowest BCUT2D eigenvalue weighted by Gasteiger charge is -2.39. The summed E-state index contributed by atoms with van der Waals surface area (Å²) in [4.78, 5) is 3.74. The summed E-state index contributed by atoms with van der Waals surface area (Å²) in [5.41, 5.74) is 9.02. The number of nitrogens with zero attached hydrogens (tertiary/aromatic N) is 1. The maximum atomic E-state index is 7.63. The van der Waals surface area contributed by atoms with Crippen molar-refractivity contribution in [3.05, 3.63) is 119 Å². The van der Waals surface area contributed by atoms with Crippen LogP contribution in [0.1, 0.15) is 54.5 Å². The Balaban J connectivity index is 1.46. The number of ether oxygens (including phenoxy) is 4. The summed E-state index contributed by atoms with van der Waals surface area (Å²) in [7, 11) is 3.41. The van der Waals surface area contributed by atoms with Gasteiger partial charge in [0.05, 0.1) is 33.1 Å². The number of thioether (sulfide) groups is 1. The molecular weight excluding hydrogens is 627 g/mol. The van der Waals surface area contributed by atoms with Crippen LogP contribution in [0.4, 0.5) is 5.69 Å². The molecule has 3 aliphatic rings. The Morgan fingerprint density at radius 3 is 2.02 bits per heavy atom. The number of methoxy groups -OCH3 is 2. The summed E-state index contributed by atoms with van der Waals surface area (Å²) in [6, 6.07) is 30.5. The van der Waals surface area contributed by atoms with Crippen LogP contribution in [0.5, 0.6) is 17.2 Å². The third kappa shape index (κ3) is 4.79. The monoisotopic (exact) mass is 669 g/mol. The fraction of sp³-hybridized carbons (Fsp3) is 0.302. The third-order valence-electron chi connectivity index (χ3n) is 11.1. The van der Waals surface area contributed by atoms with E-state index in [2.05, 4.69) is 97.8 Å². The average molecular weight is 670 g/mol. The molecule has 49 heavy (non-hydrogen) atoms. The molecule has 0 bridgehead atoms. The topological polar surface area (TPSA) is 40.2 Å². The van der Waals surface area contributed by atoms with Crippen LogP contribution in [0.25, 0.3) is 28.0 Å². The SMILES string of the molecule is CCC1(CC)c2ccccc2-c2c1c1c(c3cc(SC)c(N4CCOCC4)cc23)OC(c2ccc(OC)cc2)(c2ccc(OC)cc2)C=C1. The Hall–Kier alpha value is -4.39. The molecule has 5 aromatic rings. The van der Waals surface area contributed by atoms with Crippen molar-refractivity contribution in [2.75, 3.05) is 51.7 Å². The van der Waals surface area contributed by atoms with Crippen molar-refractivity contribution < 1.29 is 18.9 Å². The van der Waals surface area contributed by atoms with Gasteiger partial charge in [0.25, 0.3) is 0 Å². The molecule has 250 valence electrons. The van der Waals surface area contributed by atoms with Gasteiger partial charge in [0.1, 0.15) is 17.2 Å². The van der Waals surface area contributed by atoms with Gasteiger partial charge < -0.3 is 23.8 Å². The number of hydrogen-bond donors (Lipinski definition) is 0. The Kier molecular flexibility index (Phi) is 8.12. The summed E-state index contributed by atoms with van der Waals surface area (Å²) in [6.45, 7) is 7.93. The molecule has 1 fully saturated rings. The van der Waals surface area contributed by atoms with Gasteiger partial charge >= 0.3 is 0 Å². The molecule has 0 aromatic heterocycles. The minimum atomic E-state index is -0.873. The molecule has 5 nitrogen and oxygen atoms in total. The van der Waals surface area contributed by atoms with Gasteiger partial charge in [0.2, 0.25) is 0 Å². The second kappa shape index (κ2) is 12.5. The molecule has 0 N–H and O–H groups in total. The minimum Gasteiger partial charge on any atom is -0.497 e. The van der Waals surface area contributed by atoms with Crippen LogP contribution in [-0.4, -0.2) is 46.8 Å². The first-order valence-corrected chi connectivity index (χ1v) is 18.6. The van der Waals surface area contributed by atoms with Gasteiger partial charge in [0, 0.05) is 45.5 Å². The number of anilines is 1. The van der Waals surface area contributed by atoms with E-state index < -0.39 is 5.60 Å². The summed E-state index contributed by atoms with van der Waals surface area (Å²) in [5.74, 6) is 2.56. The fourth-order valence-corrected chi connectivity index (χ4v) is 9.17. The van der Waals surface area contributed by atoms with Crippen molar-refractivity contribution in [2.45, 2.75) is 42.6 Å². The Morgan fingerprint density at radius 1 is 0.796 bits per heavy atom. The summed E-state index contributed by atoms with van der Waals surface area (Å²) in [5, 5.41) is 2.39. The van der Waals surface area contributed by atoms with Crippen LogP contribution in [0, 0.1) is 0 Å². The minimum absolute atomic E-state index is 0.130. The molecule has 0 saturated carbocycles. The predicted molar refractivity (Wildman–Crippen MR) is 202 cm³/mol. The summed E-state index contributed by atoms with van der Waals surface area (Å²) >= 11 is 1.80. The zero-order chi connectivity index (χ0) is 33.8. The number of morpholine rings is 1. The first kappa shape index (κ1) is 31.9. The Bertz CT molecular complexity index is 2010. The van der Waals surface area contributed by atoms with Crippen LogP contribution < -0.4 is 19.1 Å². The first-order chi connectivity index (χ1) is 24.0. The van der Waals surface area contributed by atoms with Gasteiger partial charge in [-0.05, 0) is 89.2 Å². The summed E-state index contributed by atoms with van der Waals surface area (Å²) in [6.07, 6.45) is 8.80. The lowest BCUT2D eigenvalue weighted by molar-refractivity contribution is 0.122. The van der Waals surface area contributed by atoms with Crippen molar-refractivity contribution in [3.63, 3.8) is 0 Å². The highest BCUT2D eigenvalue weighted by Crippen LogP contribution is 2.61. The van der Waals surface area contributed by atoms with Crippen LogP contribution in [0.2, 0.25) is 0 Å². The quantitative estimate of drug-likeness (QED) is 0.153. The van der Waals surface area contributed by atoms with E-state index in [9.17, 15) is 0 Å². The van der Waals surface area contributed by atoms with Gasteiger partial charge in [-0.2, -0.15) is 0 Å². The molecule has 0 radical (unpaired) electrons. The Labute approximate surface area is 293 Å². The lowest BCUT2D eigenvalue weighted by atomic mass is 9.71. The third-order valence-corrected chi connectivity index (χ3v) is 11.9. The molecule has 2 aliphatic heterocycles. The highest BCUT2D eigenvalue weighted by atomic mass is 32.2. The number of fused-ring (bicyclic) bond motifs is 8. The van der Waals surface area contributed by atoms with Crippen molar-refractivity contribution >= 4 is 34.3 Å². The van der Waals surface area contributed by atoms with Gasteiger partial charge in [-0.15, -0.1) is 11.8 Å². The number of rotatable bonds is 8. The summed E-state index contributed by atoms with van der Waals surface area (Å²) < 4.78 is 24.5. The molecule has 0 unspecified atom stereocenters. The van der Waals surface area contributed by atoms with Gasteiger partial charge in [-0.1, -0.05) is 68.5 Å². The Morgan fingerprint density at radius 2 is 1.43 bits per heavy atom. The van der Waals surface area contributed by atoms with Crippen LogP contribution in [0.3, 0.4) is 0 Å². The fourth-order valence-electron chi connectivity index (χ4n) is 8.54. The molecule has 6 heteroatoms. The average Bonchev–Trinajstić information content (AvgIpc) is 3.48. The van der Waals surface area contributed by atoms with E-state index in [1.165, 1.54) is 43.8 Å². The maximum absolute atomic E-state index is 7.63. The van der Waals surface area contributed by atoms with E-state index in [1.807, 2.05) is 24.3 Å². The molecule has 0 atom stereocenters. The van der Waals surface area contributed by atoms with Crippen molar-refractivity contribution in [2.24, 2.45) is 0 Å². The number of benzene rings is 5. The lowest BCUT2D eigenvalue weighted by Crippen LogP contribution is -2.36. The predicted octanol–water partition coefficient (Wildman–Crippen LogP) is 9.85. The van der Waals surface area contributed by atoms with E-state index in [-0.39, 0.29) is 5.41 Å². The van der Waals surface area contributed by atoms with Crippen molar-refractivity contribution in [1.82, 2.24) is 0 Å². The highest BCUT2D eigenvalue weighted by molar-refractivity contribution is 7.98. The van der Waals surface area contributed by atoms with Crippen LogP contribution in [0.15, 0.2) is 95.9 Å². The van der Waals surface area contributed by atoms with Crippen LogP contribution in [-0.2, 0) is 15.8 Å². The standard InChI is InChI=1S/C43H43NO4S/c1-6-42(7-2)36-11-9-8-10-32(36)39-34-26-37(44-22-24-47-25-23-44)38(49-5)27-35(34)41-33(40(39)42)20-21-43(48-41,28-12-16-30(45-3)17-13-28)29-14-18-31(46-4)19-15-29/h8-21,26-27H,6-7,22-25H2,1-5H3. The number of hydrogen-bond acceptors (Lipinski definition) is 6. The smallest absolute Gasteiger partial charge is 0.178 e.